The van der Waals surface area contributed by atoms with E-state index in [1.807, 2.05) is 26.8 Å². The second-order valence-electron chi connectivity index (χ2n) is 5.09. The van der Waals surface area contributed by atoms with Crippen molar-refractivity contribution in [2.24, 2.45) is 0 Å². The Kier molecular flexibility index (Phi) is 4.34. The van der Waals surface area contributed by atoms with Crippen LogP contribution in [0.25, 0.3) is 0 Å². The Balaban J connectivity index is 2.82. The van der Waals surface area contributed by atoms with Crippen LogP contribution in [0.5, 0.6) is 5.75 Å². The van der Waals surface area contributed by atoms with Gasteiger partial charge < -0.3 is 4.74 Å². The largest absolute Gasteiger partial charge is 0.494 e. The molecule has 0 aliphatic rings. The first-order valence-electron chi connectivity index (χ1n) is 5.88. The maximum Gasteiger partial charge on any atom is 0.127 e. The number of halogens is 1. The summed E-state index contributed by atoms with van der Waals surface area (Å²) in [4.78, 5) is 0. The summed E-state index contributed by atoms with van der Waals surface area (Å²) in [6, 6.07) is 4.99. The molecule has 2 heteroatoms. The molecule has 0 heterocycles. The van der Waals surface area contributed by atoms with Gasteiger partial charge in [-0.05, 0) is 35.6 Å². The van der Waals surface area contributed by atoms with Gasteiger partial charge in [0.25, 0.3) is 0 Å². The van der Waals surface area contributed by atoms with E-state index in [9.17, 15) is 4.39 Å². The van der Waals surface area contributed by atoms with Gasteiger partial charge in [-0.3, -0.25) is 0 Å². The third-order valence-electron chi connectivity index (χ3n) is 2.51. The fourth-order valence-electron chi connectivity index (χ4n) is 1.50. The van der Waals surface area contributed by atoms with Crippen molar-refractivity contribution in [2.45, 2.75) is 46.0 Å². The SMILES string of the molecule is CCCCOc1ccc(F)c(C(C)(C)C)c1. The van der Waals surface area contributed by atoms with E-state index in [0.717, 1.165) is 18.6 Å². The van der Waals surface area contributed by atoms with Crippen molar-refractivity contribution in [3.05, 3.63) is 29.6 Å². The summed E-state index contributed by atoms with van der Waals surface area (Å²) in [5, 5.41) is 0. The lowest BCUT2D eigenvalue weighted by molar-refractivity contribution is 0.307. The van der Waals surface area contributed by atoms with E-state index in [1.54, 1.807) is 6.07 Å². The topological polar surface area (TPSA) is 9.23 Å². The van der Waals surface area contributed by atoms with Gasteiger partial charge >= 0.3 is 0 Å². The van der Waals surface area contributed by atoms with Crippen LogP contribution in [-0.2, 0) is 5.41 Å². The first-order valence-corrected chi connectivity index (χ1v) is 5.88. The quantitative estimate of drug-likeness (QED) is 0.693. The van der Waals surface area contributed by atoms with Crippen molar-refractivity contribution in [3.63, 3.8) is 0 Å². The smallest absolute Gasteiger partial charge is 0.127 e. The molecular formula is C14H21FO. The zero-order valence-corrected chi connectivity index (χ0v) is 10.6. The highest BCUT2D eigenvalue weighted by molar-refractivity contribution is 5.33. The average molecular weight is 224 g/mol. The van der Waals surface area contributed by atoms with Crippen LogP contribution in [0.4, 0.5) is 4.39 Å². The molecule has 1 nitrogen and oxygen atoms in total. The lowest BCUT2D eigenvalue weighted by Gasteiger charge is -2.20. The Bertz CT molecular complexity index is 339. The Hall–Kier alpha value is -1.05. The van der Waals surface area contributed by atoms with E-state index >= 15 is 0 Å². The molecule has 0 amide bonds. The maximum atomic E-state index is 13.6. The lowest BCUT2D eigenvalue weighted by Crippen LogP contribution is -2.13. The van der Waals surface area contributed by atoms with Crippen molar-refractivity contribution in [1.82, 2.24) is 0 Å². The molecule has 0 N–H and O–H groups in total. The van der Waals surface area contributed by atoms with Gasteiger partial charge in [-0.25, -0.2) is 4.39 Å². The maximum absolute atomic E-state index is 13.6. The minimum atomic E-state index is -0.186. The molecule has 0 atom stereocenters. The van der Waals surface area contributed by atoms with Crippen LogP contribution in [0.1, 0.15) is 46.1 Å². The third-order valence-corrected chi connectivity index (χ3v) is 2.51. The summed E-state index contributed by atoms with van der Waals surface area (Å²) in [5.41, 5.74) is 0.523. The fourth-order valence-corrected chi connectivity index (χ4v) is 1.50. The molecule has 0 bridgehead atoms. The molecule has 0 fully saturated rings. The van der Waals surface area contributed by atoms with Crippen molar-refractivity contribution in [2.75, 3.05) is 6.61 Å². The Labute approximate surface area is 97.6 Å². The first kappa shape index (κ1) is 13.0. The summed E-state index contributed by atoms with van der Waals surface area (Å²) in [6.45, 7) is 8.82. The third kappa shape index (κ3) is 3.51. The van der Waals surface area contributed by atoms with Crippen LogP contribution >= 0.6 is 0 Å². The van der Waals surface area contributed by atoms with Gasteiger partial charge in [-0.15, -0.1) is 0 Å². The van der Waals surface area contributed by atoms with E-state index < -0.39 is 0 Å². The standard InChI is InChI=1S/C14H21FO/c1-5-6-9-16-11-7-8-13(15)12(10-11)14(2,3)4/h7-8,10H,5-6,9H2,1-4H3. The second-order valence-corrected chi connectivity index (χ2v) is 5.09. The van der Waals surface area contributed by atoms with E-state index in [1.165, 1.54) is 6.07 Å². The molecule has 1 aromatic rings. The van der Waals surface area contributed by atoms with Gasteiger partial charge in [0.1, 0.15) is 11.6 Å². The zero-order chi connectivity index (χ0) is 12.2. The summed E-state index contributed by atoms with van der Waals surface area (Å²) < 4.78 is 19.2. The first-order chi connectivity index (χ1) is 7.45. The number of hydrogen-bond donors (Lipinski definition) is 0. The van der Waals surface area contributed by atoms with Gasteiger partial charge in [-0.1, -0.05) is 34.1 Å². The molecule has 0 saturated carbocycles. The molecule has 16 heavy (non-hydrogen) atoms. The average Bonchev–Trinajstić information content (AvgIpc) is 2.19. The predicted molar refractivity (Wildman–Crippen MR) is 65.5 cm³/mol. The molecule has 1 rings (SSSR count). The van der Waals surface area contributed by atoms with Crippen molar-refractivity contribution >= 4 is 0 Å². The van der Waals surface area contributed by atoms with Crippen molar-refractivity contribution in [1.29, 1.82) is 0 Å². The van der Waals surface area contributed by atoms with E-state index in [4.69, 9.17) is 4.74 Å². The van der Waals surface area contributed by atoms with Crippen molar-refractivity contribution in [3.8, 4) is 5.75 Å². The van der Waals surface area contributed by atoms with Gasteiger partial charge in [0.2, 0.25) is 0 Å². The number of unbranched alkanes of at least 4 members (excludes halogenated alkanes) is 1. The number of rotatable bonds is 4. The summed E-state index contributed by atoms with van der Waals surface area (Å²) in [6.07, 6.45) is 2.13. The molecule has 0 radical (unpaired) electrons. The van der Waals surface area contributed by atoms with Crippen LogP contribution in [-0.4, -0.2) is 6.61 Å². The summed E-state index contributed by atoms with van der Waals surface area (Å²) >= 11 is 0. The minimum Gasteiger partial charge on any atom is -0.494 e. The Morgan fingerprint density at radius 3 is 2.50 bits per heavy atom. The molecular weight excluding hydrogens is 203 g/mol. The summed E-state index contributed by atoms with van der Waals surface area (Å²) in [5.74, 6) is 0.607. The predicted octanol–water partition coefficient (Wildman–Crippen LogP) is 4.30. The minimum absolute atomic E-state index is 0.157. The normalized spacial score (nSPS) is 11.6. The highest BCUT2D eigenvalue weighted by atomic mass is 19.1. The highest BCUT2D eigenvalue weighted by Crippen LogP contribution is 2.28. The van der Waals surface area contributed by atoms with Crippen LogP contribution in [0.15, 0.2) is 18.2 Å². The number of benzene rings is 1. The Morgan fingerprint density at radius 1 is 1.25 bits per heavy atom. The number of ether oxygens (including phenoxy) is 1. The molecule has 90 valence electrons. The molecule has 0 unspecified atom stereocenters. The molecule has 0 spiro atoms. The van der Waals surface area contributed by atoms with E-state index in [2.05, 4.69) is 6.92 Å². The second kappa shape index (κ2) is 5.33. The lowest BCUT2D eigenvalue weighted by atomic mass is 9.86. The van der Waals surface area contributed by atoms with Crippen LogP contribution in [0.3, 0.4) is 0 Å². The molecule has 0 aliphatic carbocycles. The molecule has 0 aromatic heterocycles. The van der Waals surface area contributed by atoms with Gasteiger partial charge in [0, 0.05) is 0 Å². The van der Waals surface area contributed by atoms with Crippen LogP contribution in [0.2, 0.25) is 0 Å². The fraction of sp³-hybridized carbons (Fsp3) is 0.571. The van der Waals surface area contributed by atoms with E-state index in [-0.39, 0.29) is 11.2 Å². The van der Waals surface area contributed by atoms with Crippen LogP contribution < -0.4 is 4.74 Å². The van der Waals surface area contributed by atoms with Crippen LogP contribution in [0, 0.1) is 5.82 Å². The van der Waals surface area contributed by atoms with Gasteiger partial charge in [0.05, 0.1) is 6.61 Å². The molecule has 1 aromatic carbocycles. The summed E-state index contributed by atoms with van der Waals surface area (Å²) in [7, 11) is 0. The van der Waals surface area contributed by atoms with E-state index in [0.29, 0.717) is 12.2 Å². The van der Waals surface area contributed by atoms with Gasteiger partial charge in [-0.2, -0.15) is 0 Å². The van der Waals surface area contributed by atoms with Gasteiger partial charge in [0.15, 0.2) is 0 Å². The molecule has 0 aliphatic heterocycles. The molecule has 0 saturated heterocycles. The number of hydrogen-bond acceptors (Lipinski definition) is 1. The zero-order valence-electron chi connectivity index (χ0n) is 10.6. The van der Waals surface area contributed by atoms with Crippen molar-refractivity contribution < 1.29 is 9.13 Å². The highest BCUT2D eigenvalue weighted by Gasteiger charge is 2.18. The monoisotopic (exact) mass is 224 g/mol. The Morgan fingerprint density at radius 2 is 1.94 bits per heavy atom.